The number of thioether (sulfide) groups is 1. The average molecular weight is 404 g/mol. The lowest BCUT2D eigenvalue weighted by molar-refractivity contribution is -0.120. The minimum absolute atomic E-state index is 0.0150. The van der Waals surface area contributed by atoms with Gasteiger partial charge in [0.15, 0.2) is 5.82 Å². The lowest BCUT2D eigenvalue weighted by atomic mass is 9.89. The molecule has 8 heteroatoms. The molecule has 1 aromatic heterocycles. The summed E-state index contributed by atoms with van der Waals surface area (Å²) in [5, 5.41) is 11.7. The number of rotatable bonds is 8. The molecule has 7 nitrogen and oxygen atoms in total. The van der Waals surface area contributed by atoms with Crippen molar-refractivity contribution in [2.45, 2.75) is 56.4 Å². The van der Waals surface area contributed by atoms with Crippen LogP contribution in [0.15, 0.2) is 29.4 Å². The molecule has 2 aromatic rings. The zero-order chi connectivity index (χ0) is 19.9. The third-order valence-corrected chi connectivity index (χ3v) is 6.09. The first-order valence-corrected chi connectivity index (χ1v) is 10.8. The summed E-state index contributed by atoms with van der Waals surface area (Å²) in [6, 6.07) is 7.55. The van der Waals surface area contributed by atoms with Crippen LogP contribution < -0.4 is 15.9 Å². The average Bonchev–Trinajstić information content (AvgIpc) is 3.08. The first-order valence-electron chi connectivity index (χ1n) is 9.96. The molecule has 3 rings (SSSR count). The van der Waals surface area contributed by atoms with Gasteiger partial charge in [0.1, 0.15) is 5.75 Å². The summed E-state index contributed by atoms with van der Waals surface area (Å²) in [4.78, 5) is 12.4. The molecule has 1 fully saturated rings. The summed E-state index contributed by atoms with van der Waals surface area (Å²) in [6.07, 6.45) is 6.29. The molecule has 0 bridgehead atoms. The fourth-order valence-corrected chi connectivity index (χ4v) is 4.21. The van der Waals surface area contributed by atoms with Crippen LogP contribution in [0, 0.1) is 5.92 Å². The number of carbonyl (C=O) groups is 1. The third kappa shape index (κ3) is 5.19. The molecule has 0 radical (unpaired) electrons. The lowest BCUT2D eigenvalue weighted by Crippen LogP contribution is -2.35. The molecule has 152 valence electrons. The first kappa shape index (κ1) is 20.5. The van der Waals surface area contributed by atoms with Crippen LogP contribution in [0.1, 0.15) is 46.0 Å². The van der Waals surface area contributed by atoms with Gasteiger partial charge in [-0.2, -0.15) is 0 Å². The fourth-order valence-electron chi connectivity index (χ4n) is 3.41. The SMILES string of the molecule is CCOc1ccc(-c2nnc(S[C@H](C)C(=O)NCC3CCCCC3)n2N)cc1. The lowest BCUT2D eigenvalue weighted by Gasteiger charge is -2.22. The number of nitrogens with one attached hydrogen (secondary N) is 1. The van der Waals surface area contributed by atoms with E-state index in [-0.39, 0.29) is 11.2 Å². The predicted octanol–water partition coefficient (Wildman–Crippen LogP) is 3.23. The smallest absolute Gasteiger partial charge is 0.233 e. The summed E-state index contributed by atoms with van der Waals surface area (Å²) < 4.78 is 6.89. The van der Waals surface area contributed by atoms with E-state index in [0.717, 1.165) is 17.9 Å². The van der Waals surface area contributed by atoms with Crippen molar-refractivity contribution < 1.29 is 9.53 Å². The van der Waals surface area contributed by atoms with E-state index in [9.17, 15) is 4.79 Å². The first-order chi connectivity index (χ1) is 13.6. The molecule has 1 atom stereocenters. The maximum Gasteiger partial charge on any atom is 0.233 e. The van der Waals surface area contributed by atoms with Crippen molar-refractivity contribution in [1.82, 2.24) is 20.2 Å². The Hall–Kier alpha value is -2.22. The Morgan fingerprint density at radius 2 is 2.00 bits per heavy atom. The number of hydrogen-bond donors (Lipinski definition) is 2. The Morgan fingerprint density at radius 1 is 1.29 bits per heavy atom. The van der Waals surface area contributed by atoms with E-state index in [0.29, 0.717) is 23.5 Å². The summed E-state index contributed by atoms with van der Waals surface area (Å²) in [7, 11) is 0. The summed E-state index contributed by atoms with van der Waals surface area (Å²) >= 11 is 1.32. The van der Waals surface area contributed by atoms with Gasteiger partial charge in [-0.3, -0.25) is 4.79 Å². The van der Waals surface area contributed by atoms with Crippen molar-refractivity contribution in [2.75, 3.05) is 19.0 Å². The van der Waals surface area contributed by atoms with Crippen LogP contribution >= 0.6 is 11.8 Å². The van der Waals surface area contributed by atoms with Gasteiger partial charge >= 0.3 is 0 Å². The molecule has 1 aromatic carbocycles. The number of nitrogens with zero attached hydrogens (tertiary/aromatic N) is 3. The van der Waals surface area contributed by atoms with Gasteiger partial charge in [0, 0.05) is 12.1 Å². The van der Waals surface area contributed by atoms with Crippen LogP contribution in [0.4, 0.5) is 0 Å². The Kier molecular flexibility index (Phi) is 7.19. The van der Waals surface area contributed by atoms with E-state index in [1.165, 1.54) is 48.5 Å². The molecule has 1 saturated carbocycles. The Labute approximate surface area is 170 Å². The summed E-state index contributed by atoms with van der Waals surface area (Å²) in [5.74, 6) is 8.16. The van der Waals surface area contributed by atoms with Crippen LogP contribution in [0.3, 0.4) is 0 Å². The van der Waals surface area contributed by atoms with Gasteiger partial charge in [-0.25, -0.2) is 4.68 Å². The maximum absolute atomic E-state index is 12.4. The van der Waals surface area contributed by atoms with Crippen molar-refractivity contribution >= 4 is 17.7 Å². The van der Waals surface area contributed by atoms with E-state index in [1.54, 1.807) is 0 Å². The molecule has 28 heavy (non-hydrogen) atoms. The van der Waals surface area contributed by atoms with Crippen molar-refractivity contribution in [1.29, 1.82) is 0 Å². The second kappa shape index (κ2) is 9.82. The van der Waals surface area contributed by atoms with E-state index in [2.05, 4.69) is 15.5 Å². The second-order valence-corrected chi connectivity index (χ2v) is 8.45. The van der Waals surface area contributed by atoms with Crippen molar-refractivity contribution in [3.63, 3.8) is 0 Å². The van der Waals surface area contributed by atoms with Gasteiger partial charge in [0.2, 0.25) is 11.1 Å². The highest BCUT2D eigenvalue weighted by molar-refractivity contribution is 8.00. The molecule has 1 aliphatic carbocycles. The molecule has 3 N–H and O–H groups in total. The number of nitrogens with two attached hydrogens (primary N) is 1. The standard InChI is InChI=1S/C20H29N5O2S/c1-3-27-17-11-9-16(10-12-17)18-23-24-20(25(18)21)28-14(2)19(26)22-13-15-7-5-4-6-8-15/h9-12,14-15H,3-8,13,21H2,1-2H3,(H,22,26)/t14-/m1/s1. The van der Waals surface area contributed by atoms with Crippen LogP contribution in [0.25, 0.3) is 11.4 Å². The zero-order valence-electron chi connectivity index (χ0n) is 16.6. The number of benzene rings is 1. The Morgan fingerprint density at radius 3 is 2.68 bits per heavy atom. The van der Waals surface area contributed by atoms with Gasteiger partial charge in [-0.15, -0.1) is 10.2 Å². The minimum Gasteiger partial charge on any atom is -0.494 e. The van der Waals surface area contributed by atoms with Gasteiger partial charge in [-0.05, 0) is 56.9 Å². The van der Waals surface area contributed by atoms with Gasteiger partial charge in [0.05, 0.1) is 11.9 Å². The molecule has 0 aliphatic heterocycles. The van der Waals surface area contributed by atoms with Crippen LogP contribution in [-0.4, -0.2) is 39.2 Å². The highest BCUT2D eigenvalue weighted by Crippen LogP contribution is 2.26. The molecule has 1 heterocycles. The van der Waals surface area contributed by atoms with E-state index in [4.69, 9.17) is 10.6 Å². The topological polar surface area (TPSA) is 95.1 Å². The molecule has 0 spiro atoms. The summed E-state index contributed by atoms with van der Waals surface area (Å²) in [6.45, 7) is 5.19. The molecule has 0 unspecified atom stereocenters. The monoisotopic (exact) mass is 403 g/mol. The summed E-state index contributed by atoms with van der Waals surface area (Å²) in [5.41, 5.74) is 0.847. The van der Waals surface area contributed by atoms with Gasteiger partial charge in [0.25, 0.3) is 0 Å². The molecule has 0 saturated heterocycles. The molecule has 1 aliphatic rings. The number of nitrogen functional groups attached to an aromatic ring is 1. The van der Waals surface area contributed by atoms with Crippen LogP contribution in [0.5, 0.6) is 5.75 Å². The van der Waals surface area contributed by atoms with E-state index in [1.807, 2.05) is 38.1 Å². The second-order valence-electron chi connectivity index (χ2n) is 7.14. The fraction of sp³-hybridized carbons (Fsp3) is 0.550. The maximum atomic E-state index is 12.4. The zero-order valence-corrected chi connectivity index (χ0v) is 17.4. The van der Waals surface area contributed by atoms with Crippen LogP contribution in [0.2, 0.25) is 0 Å². The highest BCUT2D eigenvalue weighted by Gasteiger charge is 2.21. The van der Waals surface area contributed by atoms with E-state index >= 15 is 0 Å². The van der Waals surface area contributed by atoms with Crippen LogP contribution in [-0.2, 0) is 4.79 Å². The molecular formula is C20H29N5O2S. The van der Waals surface area contributed by atoms with Crippen molar-refractivity contribution in [3.05, 3.63) is 24.3 Å². The number of carbonyl (C=O) groups excluding carboxylic acids is 1. The number of ether oxygens (including phenoxy) is 1. The quantitative estimate of drug-likeness (QED) is 0.519. The Balaban J connectivity index is 1.57. The normalized spacial score (nSPS) is 15.9. The minimum atomic E-state index is -0.289. The Bertz CT molecular complexity index is 771. The predicted molar refractivity (Wildman–Crippen MR) is 112 cm³/mol. The van der Waals surface area contributed by atoms with Gasteiger partial charge < -0.3 is 15.9 Å². The number of amides is 1. The molecular weight excluding hydrogens is 374 g/mol. The number of hydrogen-bond acceptors (Lipinski definition) is 6. The third-order valence-electron chi connectivity index (χ3n) is 5.03. The van der Waals surface area contributed by atoms with Crippen molar-refractivity contribution in [2.24, 2.45) is 5.92 Å². The molecule has 1 amide bonds. The van der Waals surface area contributed by atoms with Crippen molar-refractivity contribution in [3.8, 4) is 17.1 Å². The number of aromatic nitrogens is 3. The van der Waals surface area contributed by atoms with Gasteiger partial charge in [-0.1, -0.05) is 31.0 Å². The highest BCUT2D eigenvalue weighted by atomic mass is 32.2. The van der Waals surface area contributed by atoms with E-state index < -0.39 is 0 Å². The largest absolute Gasteiger partial charge is 0.494 e.